The van der Waals surface area contributed by atoms with E-state index >= 15 is 0 Å². The van der Waals surface area contributed by atoms with Crippen LogP contribution in [0.4, 0.5) is 0 Å². The Morgan fingerprint density at radius 1 is 0.375 bits per heavy atom. The zero-order chi connectivity index (χ0) is 0. The second-order valence-electron chi connectivity index (χ2n) is 0. The Balaban J connectivity index is 0. The van der Waals surface area contributed by atoms with Crippen LogP contribution < -0.4 is 74.4 Å². The van der Waals surface area contributed by atoms with Gasteiger partial charge in [-0.25, -0.2) is 0 Å². The van der Waals surface area contributed by atoms with Crippen LogP contribution in [0.25, 0.3) is 0 Å². The van der Waals surface area contributed by atoms with Crippen molar-refractivity contribution in [1.82, 2.24) is 0 Å². The van der Waals surface area contributed by atoms with Crippen molar-refractivity contribution in [3.63, 3.8) is 0 Å². The van der Waals surface area contributed by atoms with Gasteiger partial charge in [0.05, 0.1) is 0 Å². The molecule has 8 heavy (non-hydrogen) atoms. The average Bonchev–Trinajstić information content (AvgIpc) is 0. The van der Waals surface area contributed by atoms with Crippen molar-refractivity contribution < 1.29 is 133 Å². The molecule has 0 radical (unpaired) electrons. The minimum Gasteiger partial charge on any atom is -1.00 e. The first-order valence-electron chi connectivity index (χ1n) is 0. The summed E-state index contributed by atoms with van der Waals surface area (Å²) in [4.78, 5) is 0. The quantitative estimate of drug-likeness (QED) is 0.409. The minimum absolute atomic E-state index is 0. The van der Waals surface area contributed by atoms with Crippen LogP contribution in [0.3, 0.4) is 0 Å². The van der Waals surface area contributed by atoms with E-state index in [-0.39, 0.29) is 133 Å². The minimum atomic E-state index is 0. The molecule has 0 aliphatic carbocycles. The van der Waals surface area contributed by atoms with Gasteiger partial charge in [-0.1, -0.05) is 0 Å². The van der Waals surface area contributed by atoms with Crippen LogP contribution >= 0.6 is 0 Å². The summed E-state index contributed by atoms with van der Waals surface area (Å²) in [6, 6.07) is 0. The van der Waals surface area contributed by atoms with Crippen molar-refractivity contribution in [2.45, 2.75) is 0 Å². The van der Waals surface area contributed by atoms with Crippen molar-refractivity contribution in [3.05, 3.63) is 0 Å². The molecule has 0 aromatic heterocycles. The van der Waals surface area contributed by atoms with E-state index in [1.54, 1.807) is 0 Å². The monoisotopic (exact) mass is 344 g/mol. The molecule has 0 spiro atoms. The van der Waals surface area contributed by atoms with Gasteiger partial charge in [0.25, 0.3) is 0 Å². The Morgan fingerprint density at radius 2 is 0.375 bits per heavy atom. The van der Waals surface area contributed by atoms with Crippen LogP contribution in [0.2, 0.25) is 0 Å². The molecule has 0 N–H and O–H groups in total. The molecule has 0 rings (SSSR count). The normalized spacial score (nSPS) is 0. The first-order chi connectivity index (χ1) is 0. The number of rotatable bonds is 0. The Kier molecular flexibility index (Phi) is 893. The Morgan fingerprint density at radius 3 is 0.375 bits per heavy atom. The van der Waals surface area contributed by atoms with Gasteiger partial charge in [-0.2, -0.15) is 0 Å². The maximum Gasteiger partial charge on any atom is 3.00 e. The van der Waals surface area contributed by atoms with Gasteiger partial charge in [0.1, 0.15) is 0 Å². The fourth-order valence-corrected chi connectivity index (χ4v) is 0. The molecule has 0 saturated carbocycles. The molecule has 0 unspecified atom stereocenters. The molecule has 0 bridgehead atoms. The summed E-state index contributed by atoms with van der Waals surface area (Å²) in [7, 11) is 0. The SMILES string of the molecule is [Cl-].[Cl-].[Cl-].[Cl-].[Cl-].[Cl-].[Sc+3].[Y+3]. The first-order valence-corrected chi connectivity index (χ1v) is 0. The molecule has 0 heterocycles. The van der Waals surface area contributed by atoms with Gasteiger partial charge in [-0.3, -0.25) is 0 Å². The Hall–Kier alpha value is 3.71. The fourth-order valence-electron chi connectivity index (χ4n) is 0. The summed E-state index contributed by atoms with van der Waals surface area (Å²) < 4.78 is 0. The zero-order valence-electron chi connectivity index (χ0n) is 3.42. The molecule has 0 atom stereocenters. The molecule has 0 saturated heterocycles. The van der Waals surface area contributed by atoms with E-state index in [0.717, 1.165) is 0 Å². The molecule has 0 fully saturated rings. The molecule has 0 aromatic rings. The van der Waals surface area contributed by atoms with Crippen LogP contribution in [0.1, 0.15) is 0 Å². The van der Waals surface area contributed by atoms with Crippen LogP contribution in [0.5, 0.6) is 0 Å². The van der Waals surface area contributed by atoms with Gasteiger partial charge < -0.3 is 74.4 Å². The predicted octanol–water partition coefficient (Wildman–Crippen LogP) is -18.0. The van der Waals surface area contributed by atoms with Crippen LogP contribution in [0.15, 0.2) is 0 Å². The molecule has 0 aromatic carbocycles. The molecular formula is Cl6ScY. The molecule has 0 aliphatic rings. The van der Waals surface area contributed by atoms with E-state index in [9.17, 15) is 0 Å². The second-order valence-corrected chi connectivity index (χ2v) is 0. The summed E-state index contributed by atoms with van der Waals surface area (Å²) >= 11 is 0. The second kappa shape index (κ2) is 73.3. The first kappa shape index (κ1) is 97.5. The summed E-state index contributed by atoms with van der Waals surface area (Å²) in [5.74, 6) is 0. The predicted molar refractivity (Wildman–Crippen MR) is 0 cm³/mol. The number of halogens is 6. The third kappa shape index (κ3) is 53.5. The largest absolute Gasteiger partial charge is 3.00 e. The molecule has 0 amide bonds. The van der Waals surface area contributed by atoms with Gasteiger partial charge in [-0.05, 0) is 0 Å². The Labute approximate surface area is 131 Å². The van der Waals surface area contributed by atoms with Crippen molar-refractivity contribution >= 4 is 0 Å². The Bertz CT molecular complexity index is 8.49. The topological polar surface area (TPSA) is 0 Å². The van der Waals surface area contributed by atoms with E-state index in [1.165, 1.54) is 0 Å². The van der Waals surface area contributed by atoms with Gasteiger partial charge in [-0.15, -0.1) is 0 Å². The van der Waals surface area contributed by atoms with Gasteiger partial charge in [0.15, 0.2) is 0 Å². The molecule has 8 heteroatoms. The average molecular weight is 347 g/mol. The van der Waals surface area contributed by atoms with E-state index in [2.05, 4.69) is 0 Å². The molecular weight excluding hydrogens is 347 g/mol. The van der Waals surface area contributed by atoms with Crippen molar-refractivity contribution in [1.29, 1.82) is 0 Å². The maximum absolute atomic E-state index is 0. The van der Waals surface area contributed by atoms with Crippen molar-refractivity contribution in [2.24, 2.45) is 0 Å². The van der Waals surface area contributed by atoms with Crippen LogP contribution in [-0.4, -0.2) is 0 Å². The zero-order valence-corrected chi connectivity index (χ0v) is 12.6. The van der Waals surface area contributed by atoms with E-state index in [4.69, 9.17) is 0 Å². The molecule has 0 aliphatic heterocycles. The fraction of sp³-hybridized carbons (Fsp3) is 0. The standard InChI is InChI=1S/6ClH.Sc.Y/h6*1H;;/q;;;;;;2*+3/p-6. The molecule has 48 valence electrons. The number of hydrogen-bond donors (Lipinski definition) is 0. The summed E-state index contributed by atoms with van der Waals surface area (Å²) in [5.41, 5.74) is 0. The summed E-state index contributed by atoms with van der Waals surface area (Å²) in [6.07, 6.45) is 0. The van der Waals surface area contributed by atoms with E-state index < -0.39 is 0 Å². The third-order valence-corrected chi connectivity index (χ3v) is 0. The molecule has 0 nitrogen and oxygen atoms in total. The van der Waals surface area contributed by atoms with Gasteiger partial charge in [0, 0.05) is 0 Å². The third-order valence-electron chi connectivity index (χ3n) is 0. The van der Waals surface area contributed by atoms with E-state index in [0.29, 0.717) is 0 Å². The van der Waals surface area contributed by atoms with Crippen LogP contribution in [0, 0.1) is 0 Å². The maximum atomic E-state index is 0. The van der Waals surface area contributed by atoms with Gasteiger partial charge in [0.2, 0.25) is 0 Å². The number of hydrogen-bond acceptors (Lipinski definition) is 0. The summed E-state index contributed by atoms with van der Waals surface area (Å²) in [6.45, 7) is 0. The van der Waals surface area contributed by atoms with Gasteiger partial charge >= 0.3 is 58.6 Å². The van der Waals surface area contributed by atoms with Crippen molar-refractivity contribution in [3.8, 4) is 0 Å². The smallest absolute Gasteiger partial charge is 1.00 e. The van der Waals surface area contributed by atoms with Crippen molar-refractivity contribution in [2.75, 3.05) is 0 Å². The van der Waals surface area contributed by atoms with E-state index in [1.807, 2.05) is 0 Å². The van der Waals surface area contributed by atoms with Crippen LogP contribution in [-0.2, 0) is 58.6 Å². The summed E-state index contributed by atoms with van der Waals surface area (Å²) in [5, 5.41) is 0.